The molecule has 5 heteroatoms. The number of allylic oxidation sites excluding steroid dienone is 1. The number of cyclic esters (lactones) is 1. The van der Waals surface area contributed by atoms with E-state index in [2.05, 4.69) is 18.2 Å². The fourth-order valence-corrected chi connectivity index (χ4v) is 4.23. The number of esters is 2. The van der Waals surface area contributed by atoms with Crippen LogP contribution in [0.1, 0.15) is 46.4 Å². The summed E-state index contributed by atoms with van der Waals surface area (Å²) in [7, 11) is 0. The third-order valence-corrected chi connectivity index (χ3v) is 5.65. The molecule has 30 heavy (non-hydrogen) atoms. The topological polar surface area (TPSA) is 65.5 Å². The van der Waals surface area contributed by atoms with Crippen LogP contribution in [0.3, 0.4) is 0 Å². The minimum absolute atomic E-state index is 0.288. The van der Waals surface area contributed by atoms with E-state index in [-0.39, 0.29) is 6.61 Å². The van der Waals surface area contributed by atoms with E-state index in [0.29, 0.717) is 12.0 Å². The summed E-state index contributed by atoms with van der Waals surface area (Å²) in [4.78, 5) is 30.0. The van der Waals surface area contributed by atoms with Gasteiger partial charge in [-0.3, -0.25) is 0 Å². The van der Waals surface area contributed by atoms with Gasteiger partial charge in [0, 0.05) is 11.8 Å². The molecule has 1 aliphatic heterocycles. The fraction of sp³-hybridized carbons (Fsp3) is 0.240. The second-order valence-corrected chi connectivity index (χ2v) is 7.62. The summed E-state index contributed by atoms with van der Waals surface area (Å²) in [5, 5.41) is 0.758. The molecule has 150 valence electrons. The Kier molecular flexibility index (Phi) is 4.79. The normalized spacial score (nSPS) is 19.5. The van der Waals surface area contributed by atoms with Crippen molar-refractivity contribution in [3.05, 3.63) is 77.0 Å². The smallest absolute Gasteiger partial charge is 0.347 e. The van der Waals surface area contributed by atoms with Crippen LogP contribution in [0.25, 0.3) is 22.6 Å². The van der Waals surface area contributed by atoms with Crippen molar-refractivity contribution in [3.63, 3.8) is 0 Å². The van der Waals surface area contributed by atoms with Crippen LogP contribution in [0.15, 0.2) is 54.6 Å². The molecule has 3 aromatic rings. The zero-order valence-corrected chi connectivity index (χ0v) is 16.5. The molecular weight excluding hydrogens is 378 g/mol. The van der Waals surface area contributed by atoms with E-state index in [9.17, 15) is 9.59 Å². The van der Waals surface area contributed by atoms with Crippen LogP contribution in [-0.4, -0.2) is 29.6 Å². The fourth-order valence-electron chi connectivity index (χ4n) is 4.23. The van der Waals surface area contributed by atoms with Crippen molar-refractivity contribution in [3.8, 4) is 0 Å². The van der Waals surface area contributed by atoms with Crippen molar-refractivity contribution in [1.82, 2.24) is 4.98 Å². The summed E-state index contributed by atoms with van der Waals surface area (Å²) in [6.07, 6.45) is 4.29. The number of hydrogen-bond acceptors (Lipinski definition) is 5. The number of fused-ring (bicyclic) bond motifs is 2. The van der Waals surface area contributed by atoms with Crippen LogP contribution in [0.2, 0.25) is 0 Å². The zero-order valence-electron chi connectivity index (χ0n) is 16.5. The first-order valence-corrected chi connectivity index (χ1v) is 10.3. The number of pyridine rings is 1. The molecule has 1 aromatic heterocycles. The molecule has 0 bridgehead atoms. The van der Waals surface area contributed by atoms with Crippen molar-refractivity contribution < 1.29 is 19.1 Å². The van der Waals surface area contributed by atoms with Gasteiger partial charge in [-0.2, -0.15) is 0 Å². The van der Waals surface area contributed by atoms with Crippen molar-refractivity contribution >= 4 is 34.5 Å². The van der Waals surface area contributed by atoms with E-state index in [1.165, 1.54) is 0 Å². The van der Waals surface area contributed by atoms with Crippen LogP contribution in [0, 0.1) is 0 Å². The van der Waals surface area contributed by atoms with Gasteiger partial charge in [-0.25, -0.2) is 14.6 Å². The van der Waals surface area contributed by atoms with Gasteiger partial charge in [-0.05, 0) is 48.1 Å². The molecule has 0 radical (unpaired) electrons. The van der Waals surface area contributed by atoms with E-state index in [4.69, 9.17) is 14.5 Å². The number of para-hydroxylation sites is 1. The van der Waals surface area contributed by atoms with Crippen molar-refractivity contribution in [2.45, 2.75) is 31.8 Å². The first-order valence-electron chi connectivity index (χ1n) is 10.3. The van der Waals surface area contributed by atoms with Gasteiger partial charge >= 0.3 is 11.9 Å². The lowest BCUT2D eigenvalue weighted by Gasteiger charge is -2.23. The van der Waals surface area contributed by atoms with Crippen molar-refractivity contribution in [2.75, 3.05) is 6.61 Å². The van der Waals surface area contributed by atoms with Gasteiger partial charge in [-0.1, -0.05) is 48.5 Å². The first-order chi connectivity index (χ1) is 14.7. The first kappa shape index (κ1) is 18.6. The Morgan fingerprint density at radius 2 is 1.87 bits per heavy atom. The quantitative estimate of drug-likeness (QED) is 0.603. The van der Waals surface area contributed by atoms with Gasteiger partial charge in [0.15, 0.2) is 0 Å². The maximum Gasteiger partial charge on any atom is 0.347 e. The lowest BCUT2D eigenvalue weighted by atomic mass is 9.86. The number of ether oxygens (including phenoxy) is 2. The minimum Gasteiger partial charge on any atom is -0.463 e. The Labute approximate surface area is 174 Å². The Bertz CT molecular complexity index is 1170. The molecule has 1 aliphatic carbocycles. The summed E-state index contributed by atoms with van der Waals surface area (Å²) in [6, 6.07) is 17.7. The SMILES string of the molecule is O=C(O[C@@H]1CCOC1=O)c1c2c(nc3ccccc13)/C(=C/c1ccccc1)CCC2. The molecule has 0 unspecified atom stereocenters. The summed E-state index contributed by atoms with van der Waals surface area (Å²) in [6.45, 7) is 0.288. The maximum atomic E-state index is 13.2. The number of nitrogens with zero attached hydrogens (tertiary/aromatic N) is 1. The number of carbonyl (C=O) groups is 2. The number of hydrogen-bond donors (Lipinski definition) is 0. The van der Waals surface area contributed by atoms with E-state index in [0.717, 1.165) is 52.6 Å². The van der Waals surface area contributed by atoms with Gasteiger partial charge in [0.1, 0.15) is 0 Å². The maximum absolute atomic E-state index is 13.2. The van der Waals surface area contributed by atoms with Crippen LogP contribution in [0.4, 0.5) is 0 Å². The summed E-state index contributed by atoms with van der Waals surface area (Å²) in [5.41, 5.74) is 5.24. The van der Waals surface area contributed by atoms with Gasteiger partial charge in [0.05, 0.1) is 23.4 Å². The second kappa shape index (κ2) is 7.75. The lowest BCUT2D eigenvalue weighted by Crippen LogP contribution is -2.24. The van der Waals surface area contributed by atoms with Gasteiger partial charge in [-0.15, -0.1) is 0 Å². The Hall–Kier alpha value is -3.47. The predicted molar refractivity (Wildman–Crippen MR) is 114 cm³/mol. The van der Waals surface area contributed by atoms with Crippen LogP contribution in [0.5, 0.6) is 0 Å². The van der Waals surface area contributed by atoms with Gasteiger partial charge in [0.2, 0.25) is 6.10 Å². The molecule has 1 fully saturated rings. The molecule has 2 aliphatic rings. The lowest BCUT2D eigenvalue weighted by molar-refractivity contribution is -0.145. The highest BCUT2D eigenvalue weighted by Crippen LogP contribution is 2.36. The van der Waals surface area contributed by atoms with E-state index >= 15 is 0 Å². The van der Waals surface area contributed by atoms with Gasteiger partial charge in [0.25, 0.3) is 0 Å². The highest BCUT2D eigenvalue weighted by molar-refractivity contribution is 6.07. The predicted octanol–water partition coefficient (Wildman–Crippen LogP) is 4.58. The monoisotopic (exact) mass is 399 g/mol. The summed E-state index contributed by atoms with van der Waals surface area (Å²) < 4.78 is 10.5. The molecule has 5 rings (SSSR count). The molecule has 5 nitrogen and oxygen atoms in total. The van der Waals surface area contributed by atoms with Gasteiger partial charge < -0.3 is 9.47 Å². The molecular formula is C25H21NO4. The highest BCUT2D eigenvalue weighted by atomic mass is 16.6. The molecule has 0 spiro atoms. The molecule has 0 amide bonds. The van der Waals surface area contributed by atoms with Crippen LogP contribution < -0.4 is 0 Å². The van der Waals surface area contributed by atoms with Crippen molar-refractivity contribution in [1.29, 1.82) is 0 Å². The largest absolute Gasteiger partial charge is 0.463 e. The molecule has 1 saturated heterocycles. The third-order valence-electron chi connectivity index (χ3n) is 5.65. The van der Waals surface area contributed by atoms with E-state index < -0.39 is 18.0 Å². The number of aromatic nitrogens is 1. The standard InChI is InChI=1S/C25H21NO4/c27-24-21(13-14-29-24)30-25(28)22-18-10-4-5-12-20(18)26-23-17(9-6-11-19(22)23)15-16-7-2-1-3-8-16/h1-5,7-8,10,12,15,21H,6,9,11,13-14H2/b17-15+/t21-/m1/s1. The van der Waals surface area contributed by atoms with Crippen molar-refractivity contribution in [2.24, 2.45) is 0 Å². The van der Waals surface area contributed by atoms with E-state index in [1.807, 2.05) is 42.5 Å². The molecule has 2 heterocycles. The Morgan fingerprint density at radius 1 is 1.07 bits per heavy atom. The van der Waals surface area contributed by atoms with Crippen LogP contribution >= 0.6 is 0 Å². The van der Waals surface area contributed by atoms with Crippen LogP contribution in [-0.2, 0) is 20.7 Å². The Morgan fingerprint density at radius 3 is 2.67 bits per heavy atom. The van der Waals surface area contributed by atoms with E-state index in [1.54, 1.807) is 0 Å². The zero-order chi connectivity index (χ0) is 20.5. The molecule has 0 saturated carbocycles. The molecule has 2 aromatic carbocycles. The highest BCUT2D eigenvalue weighted by Gasteiger charge is 2.33. The molecule has 0 N–H and O–H groups in total. The number of benzene rings is 2. The third kappa shape index (κ3) is 3.36. The number of carbonyl (C=O) groups excluding carboxylic acids is 2. The number of rotatable bonds is 3. The second-order valence-electron chi connectivity index (χ2n) is 7.62. The Balaban J connectivity index is 1.64. The average Bonchev–Trinajstić information content (AvgIpc) is 3.17. The molecule has 1 atom stereocenters. The summed E-state index contributed by atoms with van der Waals surface area (Å²) >= 11 is 0. The minimum atomic E-state index is -0.831. The average molecular weight is 399 g/mol. The summed E-state index contributed by atoms with van der Waals surface area (Å²) in [5.74, 6) is -0.949.